The van der Waals surface area contributed by atoms with E-state index in [1.807, 2.05) is 29.2 Å². The topological polar surface area (TPSA) is 96.7 Å². The number of halogens is 1. The number of hydrogen-bond acceptors (Lipinski definition) is 4. The highest BCUT2D eigenvalue weighted by Crippen LogP contribution is 2.24. The van der Waals surface area contributed by atoms with Crippen LogP contribution in [-0.2, 0) is 24.2 Å². The number of carbonyl (C=O) groups excluding carboxylic acids is 2. The van der Waals surface area contributed by atoms with Crippen molar-refractivity contribution in [2.24, 2.45) is 0 Å². The summed E-state index contributed by atoms with van der Waals surface area (Å²) in [4.78, 5) is 56.0. The summed E-state index contributed by atoms with van der Waals surface area (Å²) < 4.78 is 16.7. The molecular formula is C30H34FN5O4. The molecule has 210 valence electrons. The normalized spacial score (nSPS) is 16.1. The van der Waals surface area contributed by atoms with Crippen molar-refractivity contribution in [2.45, 2.75) is 58.2 Å². The van der Waals surface area contributed by atoms with Crippen LogP contribution in [0.5, 0.6) is 0 Å². The van der Waals surface area contributed by atoms with E-state index in [1.54, 1.807) is 36.9 Å². The number of anilines is 1. The first kappa shape index (κ1) is 27.4. The molecule has 2 aliphatic rings. The fourth-order valence-corrected chi connectivity index (χ4v) is 5.63. The Morgan fingerprint density at radius 3 is 2.40 bits per heavy atom. The van der Waals surface area contributed by atoms with Crippen molar-refractivity contribution in [2.75, 3.05) is 25.0 Å². The van der Waals surface area contributed by atoms with Gasteiger partial charge in [0.25, 0.3) is 5.56 Å². The van der Waals surface area contributed by atoms with Crippen LogP contribution in [-0.4, -0.2) is 56.5 Å². The SMILES string of the molecule is CC(C)n1c(=O)c(Cc2ccccc2F)cn(CC(=O)N2CCC(N3CCc4ccccc4NC3=O)CC2)c1=O. The van der Waals surface area contributed by atoms with Gasteiger partial charge in [-0.25, -0.2) is 14.0 Å². The molecule has 10 heteroatoms. The minimum absolute atomic E-state index is 0.0105. The molecule has 1 N–H and O–H groups in total. The number of rotatable bonds is 6. The lowest BCUT2D eigenvalue weighted by Crippen LogP contribution is -2.51. The minimum atomic E-state index is -0.568. The average molecular weight is 548 g/mol. The standard InChI is InChI=1S/C30H34FN5O4/c1-20(2)36-28(38)23(17-22-8-3-5-9-25(22)31)18-34(30(36)40)19-27(37)33-14-12-24(13-15-33)35-16-11-21-7-4-6-10-26(21)32-29(35)39/h3-10,18,20,24H,11-17,19H2,1-2H3,(H,32,39). The highest BCUT2D eigenvalue weighted by molar-refractivity contribution is 5.91. The number of nitrogens with zero attached hydrogens (tertiary/aromatic N) is 4. The van der Waals surface area contributed by atoms with Gasteiger partial charge in [0.1, 0.15) is 12.4 Å². The van der Waals surface area contributed by atoms with Crippen molar-refractivity contribution in [1.82, 2.24) is 18.9 Å². The van der Waals surface area contributed by atoms with Crippen LogP contribution in [0.15, 0.2) is 64.3 Å². The molecule has 1 saturated heterocycles. The van der Waals surface area contributed by atoms with E-state index < -0.39 is 23.1 Å². The van der Waals surface area contributed by atoms with Gasteiger partial charge >= 0.3 is 11.7 Å². The van der Waals surface area contributed by atoms with Gasteiger partial charge in [-0.15, -0.1) is 0 Å². The quantitative estimate of drug-likeness (QED) is 0.512. The van der Waals surface area contributed by atoms with E-state index in [9.17, 15) is 23.6 Å². The molecule has 0 atom stereocenters. The van der Waals surface area contributed by atoms with Crippen LogP contribution in [0, 0.1) is 5.82 Å². The Hall–Kier alpha value is -4.21. The second-order valence-corrected chi connectivity index (χ2v) is 10.7. The molecule has 1 aromatic heterocycles. The summed E-state index contributed by atoms with van der Waals surface area (Å²) in [7, 11) is 0. The number of urea groups is 1. The van der Waals surface area contributed by atoms with Crippen LogP contribution in [0.1, 0.15) is 49.4 Å². The number of hydrogen-bond donors (Lipinski definition) is 1. The first-order valence-corrected chi connectivity index (χ1v) is 13.7. The van der Waals surface area contributed by atoms with Gasteiger partial charge in [-0.2, -0.15) is 0 Å². The minimum Gasteiger partial charge on any atom is -0.341 e. The zero-order chi connectivity index (χ0) is 28.4. The van der Waals surface area contributed by atoms with Gasteiger partial charge in [-0.3, -0.25) is 18.7 Å². The van der Waals surface area contributed by atoms with Crippen LogP contribution >= 0.6 is 0 Å². The van der Waals surface area contributed by atoms with Crippen LogP contribution < -0.4 is 16.6 Å². The lowest BCUT2D eigenvalue weighted by molar-refractivity contribution is -0.133. The molecule has 3 amide bonds. The van der Waals surface area contributed by atoms with Gasteiger partial charge < -0.3 is 15.1 Å². The van der Waals surface area contributed by atoms with Gasteiger partial charge in [0.05, 0.1) is 0 Å². The number of piperidine rings is 1. The summed E-state index contributed by atoms with van der Waals surface area (Å²) in [6, 6.07) is 13.4. The monoisotopic (exact) mass is 547 g/mol. The van der Waals surface area contributed by atoms with Crippen LogP contribution in [0.2, 0.25) is 0 Å². The Balaban J connectivity index is 1.28. The van der Waals surface area contributed by atoms with Gasteiger partial charge in [0, 0.05) is 55.6 Å². The number of para-hydroxylation sites is 1. The van der Waals surface area contributed by atoms with E-state index in [4.69, 9.17) is 0 Å². The molecule has 0 unspecified atom stereocenters. The number of carbonyl (C=O) groups is 2. The molecule has 0 saturated carbocycles. The van der Waals surface area contributed by atoms with E-state index in [-0.39, 0.29) is 36.5 Å². The van der Waals surface area contributed by atoms with Crippen molar-refractivity contribution < 1.29 is 14.0 Å². The largest absolute Gasteiger partial charge is 0.341 e. The molecule has 3 aromatic rings. The number of nitrogens with one attached hydrogen (secondary N) is 1. The second kappa shape index (κ2) is 11.5. The molecule has 3 heterocycles. The molecule has 9 nitrogen and oxygen atoms in total. The van der Waals surface area contributed by atoms with Gasteiger partial charge in [0.2, 0.25) is 5.91 Å². The van der Waals surface area contributed by atoms with Crippen molar-refractivity contribution in [3.63, 3.8) is 0 Å². The van der Waals surface area contributed by atoms with Crippen LogP contribution in [0.3, 0.4) is 0 Å². The van der Waals surface area contributed by atoms with Crippen molar-refractivity contribution in [3.8, 4) is 0 Å². The molecule has 1 fully saturated rings. The van der Waals surface area contributed by atoms with Gasteiger partial charge in [0.15, 0.2) is 0 Å². The molecule has 2 aromatic carbocycles. The van der Waals surface area contributed by atoms with Crippen molar-refractivity contribution >= 4 is 17.6 Å². The summed E-state index contributed by atoms with van der Waals surface area (Å²) in [6.07, 6.45) is 3.43. The zero-order valence-electron chi connectivity index (χ0n) is 22.8. The Kier molecular flexibility index (Phi) is 7.86. The maximum absolute atomic E-state index is 14.3. The Bertz CT molecular complexity index is 1540. The second-order valence-electron chi connectivity index (χ2n) is 10.7. The molecule has 0 spiro atoms. The summed E-state index contributed by atoms with van der Waals surface area (Å²) >= 11 is 0. The highest BCUT2D eigenvalue weighted by atomic mass is 19.1. The Labute approximate surface area is 231 Å². The number of likely N-dealkylation sites (tertiary alicyclic amines) is 1. The smallest absolute Gasteiger partial charge is 0.331 e. The van der Waals surface area contributed by atoms with Crippen LogP contribution in [0.4, 0.5) is 14.9 Å². The summed E-state index contributed by atoms with van der Waals surface area (Å²) in [5.41, 5.74) is 1.48. The predicted molar refractivity (Wildman–Crippen MR) is 150 cm³/mol. The molecule has 5 rings (SSSR count). The van der Waals surface area contributed by atoms with Crippen molar-refractivity contribution in [1.29, 1.82) is 0 Å². The lowest BCUT2D eigenvalue weighted by Gasteiger charge is -2.38. The molecular weight excluding hydrogens is 513 g/mol. The first-order valence-electron chi connectivity index (χ1n) is 13.7. The van der Waals surface area contributed by atoms with E-state index in [0.29, 0.717) is 38.0 Å². The zero-order valence-corrected chi connectivity index (χ0v) is 22.8. The number of amides is 3. The summed E-state index contributed by atoms with van der Waals surface area (Å²) in [5.74, 6) is -0.671. The molecule has 0 radical (unpaired) electrons. The summed E-state index contributed by atoms with van der Waals surface area (Å²) in [6.45, 7) is 4.76. The number of aromatic nitrogens is 2. The molecule has 2 aliphatic heterocycles. The number of benzene rings is 2. The van der Waals surface area contributed by atoms with E-state index in [2.05, 4.69) is 5.32 Å². The van der Waals surface area contributed by atoms with E-state index in [0.717, 1.165) is 22.2 Å². The average Bonchev–Trinajstić information content (AvgIpc) is 3.10. The summed E-state index contributed by atoms with van der Waals surface area (Å²) in [5, 5.41) is 3.00. The fourth-order valence-electron chi connectivity index (χ4n) is 5.63. The third-order valence-electron chi connectivity index (χ3n) is 7.82. The maximum atomic E-state index is 14.3. The molecule has 40 heavy (non-hydrogen) atoms. The molecule has 0 aliphatic carbocycles. The van der Waals surface area contributed by atoms with Gasteiger partial charge in [-0.05, 0) is 56.4 Å². The third kappa shape index (κ3) is 5.57. The lowest BCUT2D eigenvalue weighted by atomic mass is 10.0. The Morgan fingerprint density at radius 2 is 1.68 bits per heavy atom. The van der Waals surface area contributed by atoms with Gasteiger partial charge in [-0.1, -0.05) is 36.4 Å². The van der Waals surface area contributed by atoms with Crippen LogP contribution in [0.25, 0.3) is 0 Å². The Morgan fingerprint density at radius 1 is 0.975 bits per heavy atom. The first-order chi connectivity index (χ1) is 19.2. The predicted octanol–water partition coefficient (Wildman–Crippen LogP) is 3.40. The van der Waals surface area contributed by atoms with Crippen molar-refractivity contribution in [3.05, 3.63) is 98.1 Å². The van der Waals surface area contributed by atoms with E-state index >= 15 is 0 Å². The third-order valence-corrected chi connectivity index (χ3v) is 7.82. The van der Waals surface area contributed by atoms with E-state index in [1.165, 1.54) is 16.8 Å². The number of fused-ring (bicyclic) bond motifs is 1. The molecule has 0 bridgehead atoms. The maximum Gasteiger partial charge on any atom is 0.331 e. The highest BCUT2D eigenvalue weighted by Gasteiger charge is 2.31. The fraction of sp³-hybridized carbons (Fsp3) is 0.400.